The maximum Gasteiger partial charge on any atom is 0.197 e. The molecule has 12 aromatic rings. The van der Waals surface area contributed by atoms with E-state index in [1.807, 2.05) is 84.9 Å². The Morgan fingerprint density at radius 2 is 0.730 bits per heavy atom. The monoisotopic (exact) mass is 1080 g/mol. The maximum atomic E-state index is 10.3. The van der Waals surface area contributed by atoms with E-state index < -0.39 is 0 Å². The van der Waals surface area contributed by atoms with Crippen molar-refractivity contribution in [2.24, 2.45) is 0 Å². The fourth-order valence-corrected chi connectivity index (χ4v) is 10.8. The first-order valence-corrected chi connectivity index (χ1v) is 25.0. The third kappa shape index (κ3) is 8.81. The summed E-state index contributed by atoms with van der Waals surface area (Å²) in [4.78, 5) is 7.43. The van der Waals surface area contributed by atoms with Gasteiger partial charge in [-0.1, -0.05) is 185 Å². The van der Waals surface area contributed by atoms with Crippen LogP contribution in [-0.2, 0) is 6.42 Å². The molecule has 2 aromatic heterocycles. The third-order valence-electron chi connectivity index (χ3n) is 13.4. The molecule has 0 saturated carbocycles. The number of para-hydroxylation sites is 4. The van der Waals surface area contributed by atoms with Crippen LogP contribution in [0.5, 0.6) is 0 Å². The second kappa shape index (κ2) is 20.8. The molecule has 0 N–H and O–H groups in total. The molecule has 74 heavy (non-hydrogen) atoms. The Morgan fingerprint density at radius 3 is 1.19 bits per heavy atom. The van der Waals surface area contributed by atoms with Gasteiger partial charge in [-0.15, -0.1) is 0 Å². The predicted octanol–water partition coefficient (Wildman–Crippen LogP) is 19.2. The number of benzene rings is 10. The summed E-state index contributed by atoms with van der Waals surface area (Å²) in [5.41, 5.74) is 17.1. The minimum absolute atomic E-state index is 0. The van der Waals surface area contributed by atoms with Crippen molar-refractivity contribution in [2.75, 3.05) is 0 Å². The van der Waals surface area contributed by atoms with Crippen molar-refractivity contribution < 1.29 is 0 Å². The number of hydrogen-bond donors (Lipinski definition) is 0. The van der Waals surface area contributed by atoms with Gasteiger partial charge >= 0.3 is 0 Å². The van der Waals surface area contributed by atoms with Crippen LogP contribution in [0, 0.1) is 35.8 Å². The highest BCUT2D eigenvalue weighted by Crippen LogP contribution is 2.41. The number of hydrogen-bond acceptors (Lipinski definition) is 2. The molecule has 0 aliphatic heterocycles. The van der Waals surface area contributed by atoms with Gasteiger partial charge < -0.3 is 9.13 Å². The van der Waals surface area contributed by atoms with Crippen LogP contribution in [0.15, 0.2) is 227 Å². The lowest BCUT2D eigenvalue weighted by molar-refractivity contribution is 1.17. The van der Waals surface area contributed by atoms with E-state index in [1.165, 1.54) is 43.8 Å². The lowest BCUT2D eigenvalue weighted by atomic mass is 9.97. The highest BCUT2D eigenvalue weighted by molar-refractivity contribution is 9.10. The average Bonchev–Trinajstić information content (AvgIpc) is 4.12. The molecule has 0 spiro atoms. The number of fused-ring (bicyclic) bond motifs is 9. The molecule has 0 unspecified atom stereocenters. The zero-order valence-electron chi connectivity index (χ0n) is 38.9. The van der Waals surface area contributed by atoms with Crippen LogP contribution in [0.4, 0.5) is 11.4 Å². The van der Waals surface area contributed by atoms with Crippen LogP contribution in [0.2, 0.25) is 0 Å². The Morgan fingerprint density at radius 1 is 0.378 bits per heavy atom. The third-order valence-corrected chi connectivity index (χ3v) is 14.4. The Bertz CT molecular complexity index is 3960. The van der Waals surface area contributed by atoms with Crippen LogP contribution < -0.4 is 0 Å². The number of nitrogens with zero attached hydrogens (tertiary/aromatic N) is 6. The molecule has 0 fully saturated rings. The van der Waals surface area contributed by atoms with Gasteiger partial charge in [0.2, 0.25) is 0 Å². The lowest BCUT2D eigenvalue weighted by Crippen LogP contribution is -1.97. The zero-order valence-corrected chi connectivity index (χ0v) is 42.1. The van der Waals surface area contributed by atoms with E-state index in [1.54, 1.807) is 12.1 Å². The molecule has 1 aliphatic carbocycles. The number of aromatic nitrogens is 2. The Labute approximate surface area is 446 Å². The van der Waals surface area contributed by atoms with Crippen molar-refractivity contribution >= 4 is 86.8 Å². The second-order valence-corrected chi connectivity index (χ2v) is 19.3. The van der Waals surface area contributed by atoms with E-state index in [0.29, 0.717) is 22.5 Å². The largest absolute Gasteiger partial charge is 0.311 e. The van der Waals surface area contributed by atoms with Gasteiger partial charge in [0.1, 0.15) is 0 Å². The van der Waals surface area contributed by atoms with Crippen molar-refractivity contribution in [3.63, 3.8) is 0 Å². The van der Waals surface area contributed by atoms with Crippen molar-refractivity contribution in [1.82, 2.24) is 9.13 Å². The molecule has 2 heterocycles. The van der Waals surface area contributed by atoms with E-state index in [2.05, 4.69) is 184 Å². The number of nitriles is 2. The standard InChI is InChI=1S/C38H22N4.C14H6Br2N2.C13H10.CH4/c1-40-34-23-27(42-37-16-8-4-12-32(37)33-13-5-9-17-38(33)42)19-21-29(34)28-20-18-26(22-25(28)24-39)41-35-14-6-2-10-30(35)31-11-3-7-15-36(31)41;1-18-14-7-11(16)3-5-13(14)12-4-2-10(15)6-9(12)8-17;1-3-7-12-10(5-1)9-11-6-2-4-8-13(11)12;/h2-23H;2-7H;1-8H,9H2;1H4. The minimum atomic E-state index is 0. The van der Waals surface area contributed by atoms with Crippen LogP contribution in [0.25, 0.3) is 98.1 Å². The topological polar surface area (TPSA) is 66.2 Å². The molecule has 0 atom stereocenters. The Kier molecular flexibility index (Phi) is 13.6. The molecule has 10 aromatic carbocycles. The molecule has 350 valence electrons. The van der Waals surface area contributed by atoms with Crippen molar-refractivity contribution in [1.29, 1.82) is 10.5 Å². The fraction of sp³-hybridized carbons (Fsp3) is 0.0303. The molecule has 0 amide bonds. The summed E-state index contributed by atoms with van der Waals surface area (Å²) in [5, 5.41) is 24.2. The Balaban J connectivity index is 0.000000160. The quantitative estimate of drug-likeness (QED) is 0.165. The van der Waals surface area contributed by atoms with Gasteiger partial charge in [0.25, 0.3) is 0 Å². The first-order valence-electron chi connectivity index (χ1n) is 23.4. The normalized spacial score (nSPS) is 10.9. The van der Waals surface area contributed by atoms with Crippen molar-refractivity contribution in [3.8, 4) is 56.9 Å². The average molecular weight is 1080 g/mol. The summed E-state index contributed by atoms with van der Waals surface area (Å²) in [7, 11) is 0. The molecule has 6 nitrogen and oxygen atoms in total. The SMILES string of the molecule is C.[C-]#[N+]c1cc(-n2c3ccccc3c3ccccc32)ccc1-c1ccc(-n2c3ccccc3c3ccccc32)cc1C#N.[C-]#[N+]c1cc(Br)ccc1-c1ccc(Br)cc1C#N.c1ccc2c(c1)Cc1ccccc1-2. The van der Waals surface area contributed by atoms with Gasteiger partial charge in [-0.2, -0.15) is 10.5 Å². The van der Waals surface area contributed by atoms with Gasteiger partial charge in [0, 0.05) is 41.9 Å². The van der Waals surface area contributed by atoms with Crippen LogP contribution in [-0.4, -0.2) is 9.13 Å². The second-order valence-electron chi connectivity index (χ2n) is 17.5. The molecular formula is C66H42Br2N6. The van der Waals surface area contributed by atoms with E-state index >= 15 is 0 Å². The van der Waals surface area contributed by atoms with E-state index in [4.69, 9.17) is 18.4 Å². The predicted molar refractivity (Wildman–Crippen MR) is 311 cm³/mol. The molecule has 13 rings (SSSR count). The van der Waals surface area contributed by atoms with E-state index in [0.717, 1.165) is 71.1 Å². The first kappa shape index (κ1) is 48.4. The summed E-state index contributed by atoms with van der Waals surface area (Å²) >= 11 is 6.68. The minimum Gasteiger partial charge on any atom is -0.311 e. The zero-order chi connectivity index (χ0) is 50.0. The summed E-state index contributed by atoms with van der Waals surface area (Å²) in [6, 6.07) is 78.1. The highest BCUT2D eigenvalue weighted by atomic mass is 79.9. The van der Waals surface area contributed by atoms with Crippen LogP contribution in [0.1, 0.15) is 29.7 Å². The van der Waals surface area contributed by atoms with Crippen molar-refractivity contribution in [2.45, 2.75) is 13.8 Å². The fourth-order valence-electron chi connectivity index (χ4n) is 10.1. The van der Waals surface area contributed by atoms with E-state index in [9.17, 15) is 5.26 Å². The molecule has 1 aliphatic rings. The molecule has 0 radical (unpaired) electrons. The van der Waals surface area contributed by atoms with Crippen LogP contribution in [0.3, 0.4) is 0 Å². The summed E-state index contributed by atoms with van der Waals surface area (Å²) in [5.74, 6) is 0. The highest BCUT2D eigenvalue weighted by Gasteiger charge is 2.19. The number of rotatable bonds is 4. The summed E-state index contributed by atoms with van der Waals surface area (Å²) in [6.07, 6.45) is 1.10. The lowest BCUT2D eigenvalue weighted by Gasteiger charge is -2.14. The molecular weight excluding hydrogens is 1040 g/mol. The molecule has 0 saturated heterocycles. The first-order chi connectivity index (χ1) is 35.9. The molecule has 8 heteroatoms. The number of halogens is 2. The van der Waals surface area contributed by atoms with Crippen LogP contribution >= 0.6 is 31.9 Å². The van der Waals surface area contributed by atoms with Crippen molar-refractivity contribution in [3.05, 3.63) is 272 Å². The van der Waals surface area contributed by atoms with Gasteiger partial charge in [-0.05, 0) is 124 Å². The van der Waals surface area contributed by atoms with Gasteiger partial charge in [-0.25, -0.2) is 9.69 Å². The summed E-state index contributed by atoms with van der Waals surface area (Å²) < 4.78 is 6.12. The van der Waals surface area contributed by atoms with E-state index in [-0.39, 0.29) is 7.43 Å². The van der Waals surface area contributed by atoms with Gasteiger partial charge in [0.05, 0.1) is 58.5 Å². The molecule has 0 bridgehead atoms. The summed E-state index contributed by atoms with van der Waals surface area (Å²) in [6.45, 7) is 15.3. The smallest absolute Gasteiger partial charge is 0.197 e. The Hall–Kier alpha value is -9.28. The van der Waals surface area contributed by atoms with Gasteiger partial charge in [0.15, 0.2) is 11.4 Å². The maximum absolute atomic E-state index is 10.3. The van der Waals surface area contributed by atoms with Gasteiger partial charge in [-0.3, -0.25) is 0 Å².